The minimum absolute atomic E-state index is 0.0789. The van der Waals surface area contributed by atoms with E-state index in [4.69, 9.17) is 9.97 Å². The zero-order valence-electron chi connectivity index (χ0n) is 13.9. The molecule has 27 heavy (non-hydrogen) atoms. The summed E-state index contributed by atoms with van der Waals surface area (Å²) in [5.41, 5.74) is -1.41. The third-order valence-electron chi connectivity index (χ3n) is 4.06. The summed E-state index contributed by atoms with van der Waals surface area (Å²) in [4.78, 5) is 28.4. The maximum absolute atomic E-state index is 12.7. The Bertz CT molecular complexity index is 1100. The molecule has 0 spiro atoms. The first-order valence-corrected chi connectivity index (χ1v) is 7.73. The van der Waals surface area contributed by atoms with Crippen molar-refractivity contribution in [1.29, 1.82) is 5.31 Å². The van der Waals surface area contributed by atoms with Gasteiger partial charge in [0, 0.05) is 0 Å². The normalized spacial score (nSPS) is 12.7. The SMILES string of the molecule is C[C@@H](c1ccc(C(F)(F)F)cc1)n1nc(COB=N)c2c(=O)[nH]c(=O)[nH]c21. The summed E-state index contributed by atoms with van der Waals surface area (Å²) in [6.07, 6.45) is -4.45. The molecular weight excluding hydrogens is 366 g/mol. The van der Waals surface area contributed by atoms with Crippen LogP contribution in [0.2, 0.25) is 0 Å². The van der Waals surface area contributed by atoms with E-state index in [9.17, 15) is 22.8 Å². The zero-order valence-corrected chi connectivity index (χ0v) is 13.9. The number of benzene rings is 1. The van der Waals surface area contributed by atoms with E-state index in [-0.39, 0.29) is 23.3 Å². The van der Waals surface area contributed by atoms with Gasteiger partial charge in [-0.25, -0.2) is 0 Å². The number of alkyl halides is 3. The van der Waals surface area contributed by atoms with Crippen molar-refractivity contribution in [1.82, 2.24) is 19.7 Å². The summed E-state index contributed by atoms with van der Waals surface area (Å²) < 4.78 is 44.4. The Morgan fingerprint density at radius 3 is 2.52 bits per heavy atom. The van der Waals surface area contributed by atoms with Gasteiger partial charge in [0.2, 0.25) is 0 Å². The van der Waals surface area contributed by atoms with E-state index in [2.05, 4.69) is 15.1 Å². The van der Waals surface area contributed by atoms with Gasteiger partial charge < -0.3 is 0 Å². The Kier molecular flexibility index (Phi) is 4.73. The summed E-state index contributed by atoms with van der Waals surface area (Å²) in [5, 5.41) is 11.3. The van der Waals surface area contributed by atoms with Crippen molar-refractivity contribution in [3.8, 4) is 0 Å². The standard InChI is InChI=1S/C15H13BF3N5O3/c1-7(8-2-4-9(5-3-8)15(17,18)19)24-12-11(10(23-24)6-27-16-20)13(25)22-14(26)21-12/h2-5,7,20H,6H2,1H3,(H2,21,22,25,26)/t7-/m0/s1. The van der Waals surface area contributed by atoms with Gasteiger partial charge in [-0.05, 0) is 0 Å². The van der Waals surface area contributed by atoms with E-state index in [1.165, 1.54) is 16.8 Å². The first-order valence-electron chi connectivity index (χ1n) is 7.73. The van der Waals surface area contributed by atoms with Gasteiger partial charge in [-0.1, -0.05) is 0 Å². The molecule has 0 bridgehead atoms. The predicted molar refractivity (Wildman–Crippen MR) is 89.5 cm³/mol. The fourth-order valence-electron chi connectivity index (χ4n) is 2.74. The topological polar surface area (TPSA) is 117 Å². The van der Waals surface area contributed by atoms with Gasteiger partial charge in [0.15, 0.2) is 0 Å². The molecule has 0 aliphatic carbocycles. The van der Waals surface area contributed by atoms with Crippen molar-refractivity contribution in [2.75, 3.05) is 0 Å². The number of H-pyrrole nitrogens is 2. The second-order valence-corrected chi connectivity index (χ2v) is 5.75. The van der Waals surface area contributed by atoms with Crippen LogP contribution in [-0.4, -0.2) is 27.0 Å². The number of nitrogens with one attached hydrogen (secondary N) is 3. The van der Waals surface area contributed by atoms with Crippen LogP contribution in [0.3, 0.4) is 0 Å². The van der Waals surface area contributed by atoms with Crippen molar-refractivity contribution in [3.63, 3.8) is 0 Å². The maximum atomic E-state index is 12.7. The molecular formula is C15H13BF3N5O3. The Morgan fingerprint density at radius 2 is 1.93 bits per heavy atom. The van der Waals surface area contributed by atoms with Crippen LogP contribution in [0, 0.1) is 5.31 Å². The van der Waals surface area contributed by atoms with Crippen LogP contribution in [0.25, 0.3) is 11.0 Å². The third-order valence-corrected chi connectivity index (χ3v) is 4.06. The first kappa shape index (κ1) is 18.6. The van der Waals surface area contributed by atoms with Crippen LogP contribution < -0.4 is 11.2 Å². The molecule has 0 aliphatic rings. The van der Waals surface area contributed by atoms with E-state index in [1.54, 1.807) is 6.92 Å². The number of hydrogen-bond acceptors (Lipinski definition) is 5. The van der Waals surface area contributed by atoms with Crippen molar-refractivity contribution < 1.29 is 17.8 Å². The molecule has 2 heterocycles. The molecule has 0 saturated heterocycles. The van der Waals surface area contributed by atoms with Gasteiger partial charge in [0.1, 0.15) is 0 Å². The molecule has 0 radical (unpaired) electrons. The molecule has 0 aliphatic heterocycles. The molecule has 0 unspecified atom stereocenters. The minimum atomic E-state index is -4.45. The van der Waals surface area contributed by atoms with Crippen molar-refractivity contribution in [2.24, 2.45) is 0 Å². The summed E-state index contributed by atoms with van der Waals surface area (Å²) in [6, 6.07) is 3.93. The number of fused-ring (bicyclic) bond motifs is 1. The van der Waals surface area contributed by atoms with Gasteiger partial charge in [0.05, 0.1) is 0 Å². The average Bonchev–Trinajstić information content (AvgIpc) is 2.97. The first-order chi connectivity index (χ1) is 12.7. The van der Waals surface area contributed by atoms with Crippen molar-refractivity contribution >= 4 is 18.3 Å². The molecule has 12 heteroatoms. The summed E-state index contributed by atoms with van der Waals surface area (Å²) in [7, 11) is 0.685. The van der Waals surface area contributed by atoms with E-state index in [0.29, 0.717) is 12.8 Å². The Morgan fingerprint density at radius 1 is 1.26 bits per heavy atom. The van der Waals surface area contributed by atoms with Gasteiger partial charge >= 0.3 is 149 Å². The van der Waals surface area contributed by atoms with Crippen LogP contribution in [0.1, 0.15) is 29.8 Å². The third kappa shape index (κ3) is 3.55. The fraction of sp³-hybridized carbons (Fsp3) is 0.267. The van der Waals surface area contributed by atoms with Crippen LogP contribution in [0.5, 0.6) is 0 Å². The molecule has 0 amide bonds. The molecule has 3 rings (SSSR count). The van der Waals surface area contributed by atoms with Crippen LogP contribution in [0.4, 0.5) is 13.2 Å². The molecule has 0 saturated carbocycles. The number of rotatable bonds is 5. The molecule has 2 aromatic heterocycles. The zero-order chi connectivity index (χ0) is 19.8. The van der Waals surface area contributed by atoms with E-state index in [1.807, 2.05) is 0 Å². The molecule has 0 fully saturated rings. The monoisotopic (exact) mass is 379 g/mol. The van der Waals surface area contributed by atoms with E-state index in [0.717, 1.165) is 12.1 Å². The molecule has 3 N–H and O–H groups in total. The predicted octanol–water partition coefficient (Wildman–Crippen LogP) is 1.94. The Labute approximate surface area is 149 Å². The van der Waals surface area contributed by atoms with Crippen LogP contribution >= 0.6 is 0 Å². The summed E-state index contributed by atoms with van der Waals surface area (Å²) in [5.74, 6) is 0. The number of aromatic nitrogens is 4. The molecule has 1 aromatic carbocycles. The molecule has 8 nitrogen and oxygen atoms in total. The van der Waals surface area contributed by atoms with E-state index >= 15 is 0 Å². The number of aromatic amines is 2. The summed E-state index contributed by atoms with van der Waals surface area (Å²) in [6.45, 7) is 1.48. The van der Waals surface area contributed by atoms with Crippen molar-refractivity contribution in [3.05, 3.63) is 61.9 Å². The van der Waals surface area contributed by atoms with Gasteiger partial charge in [-0.2, -0.15) is 0 Å². The van der Waals surface area contributed by atoms with Gasteiger partial charge in [0.25, 0.3) is 0 Å². The number of halogens is 3. The van der Waals surface area contributed by atoms with Gasteiger partial charge in [-0.15, -0.1) is 0 Å². The Hall–Kier alpha value is -3.18. The van der Waals surface area contributed by atoms with Crippen molar-refractivity contribution in [2.45, 2.75) is 25.7 Å². The van der Waals surface area contributed by atoms with Gasteiger partial charge in [-0.3, -0.25) is 0 Å². The molecule has 1 atom stereocenters. The Balaban J connectivity index is 2.11. The van der Waals surface area contributed by atoms with Crippen LogP contribution in [-0.2, 0) is 17.4 Å². The molecule has 140 valence electrons. The van der Waals surface area contributed by atoms with E-state index < -0.39 is 29.0 Å². The number of nitrogens with zero attached hydrogens (tertiary/aromatic N) is 2. The second kappa shape index (κ2) is 6.85. The molecule has 3 aromatic rings. The number of hydrogen-bond donors (Lipinski definition) is 3. The average molecular weight is 379 g/mol. The quantitative estimate of drug-likeness (QED) is 0.588. The fourth-order valence-corrected chi connectivity index (χ4v) is 2.74. The van der Waals surface area contributed by atoms with Crippen LogP contribution in [0.15, 0.2) is 33.9 Å². The second-order valence-electron chi connectivity index (χ2n) is 5.75. The summed E-state index contributed by atoms with van der Waals surface area (Å²) >= 11 is 0.